The van der Waals surface area contributed by atoms with Crippen molar-refractivity contribution in [1.29, 1.82) is 0 Å². The largest absolute Gasteiger partial charge is 0.323 e. The molecule has 3 N–H and O–H groups in total. The predicted molar refractivity (Wildman–Crippen MR) is 91.2 cm³/mol. The minimum Gasteiger partial charge on any atom is -0.322 e. The number of anilines is 1. The van der Waals surface area contributed by atoms with Crippen LogP contribution in [0.1, 0.15) is 15.9 Å². The van der Waals surface area contributed by atoms with Crippen LogP contribution in [-0.4, -0.2) is 30.5 Å². The van der Waals surface area contributed by atoms with Gasteiger partial charge in [0, 0.05) is 17.5 Å². The number of H-pyrrole nitrogens is 2. The number of nitrogens with one attached hydrogen (secondary N) is 3. The third-order valence-corrected chi connectivity index (χ3v) is 4.77. The smallest absolute Gasteiger partial charge is 0.322 e. The number of carbonyl (C=O) groups is 1. The molecule has 0 saturated heterocycles. The van der Waals surface area contributed by atoms with Gasteiger partial charge >= 0.3 is 5.69 Å². The maximum absolute atomic E-state index is 12.5. The monoisotopic (exact) mass is 345 g/mol. The number of sulfone groups is 1. The first-order chi connectivity index (χ1) is 11.2. The SMILES string of the molecule is Cc1ccc(S(C)(=O)=O)cc1C(=O)Nc1ccc2[nH]c(=O)[nH]c2c1. The first-order valence-electron chi connectivity index (χ1n) is 7.08. The van der Waals surface area contributed by atoms with E-state index in [2.05, 4.69) is 15.3 Å². The Balaban J connectivity index is 1.95. The molecule has 0 aliphatic rings. The zero-order valence-electron chi connectivity index (χ0n) is 13.0. The van der Waals surface area contributed by atoms with Crippen LogP contribution in [0.4, 0.5) is 5.69 Å². The van der Waals surface area contributed by atoms with Crippen molar-refractivity contribution in [2.45, 2.75) is 11.8 Å². The summed E-state index contributed by atoms with van der Waals surface area (Å²) in [4.78, 5) is 29.0. The average molecular weight is 345 g/mol. The van der Waals surface area contributed by atoms with Crippen molar-refractivity contribution in [3.05, 3.63) is 58.0 Å². The Kier molecular flexibility index (Phi) is 3.76. The number of benzene rings is 2. The molecule has 0 spiro atoms. The number of rotatable bonds is 3. The second-order valence-electron chi connectivity index (χ2n) is 5.54. The van der Waals surface area contributed by atoms with Gasteiger partial charge < -0.3 is 15.3 Å². The van der Waals surface area contributed by atoms with Gasteiger partial charge in [-0.25, -0.2) is 13.2 Å². The lowest BCUT2D eigenvalue weighted by Gasteiger charge is -2.09. The van der Waals surface area contributed by atoms with Crippen molar-refractivity contribution < 1.29 is 13.2 Å². The molecule has 3 rings (SSSR count). The molecule has 2 aromatic carbocycles. The number of aromatic nitrogens is 2. The van der Waals surface area contributed by atoms with E-state index in [1.54, 1.807) is 31.2 Å². The lowest BCUT2D eigenvalue weighted by atomic mass is 10.1. The first kappa shape index (κ1) is 16.0. The van der Waals surface area contributed by atoms with E-state index >= 15 is 0 Å². The van der Waals surface area contributed by atoms with Gasteiger partial charge in [-0.05, 0) is 42.8 Å². The summed E-state index contributed by atoms with van der Waals surface area (Å²) in [7, 11) is -3.40. The number of hydrogen-bond acceptors (Lipinski definition) is 4. The highest BCUT2D eigenvalue weighted by Crippen LogP contribution is 2.19. The van der Waals surface area contributed by atoms with E-state index in [0.717, 1.165) is 6.26 Å². The molecule has 0 unspecified atom stereocenters. The average Bonchev–Trinajstić information content (AvgIpc) is 2.85. The van der Waals surface area contributed by atoms with Crippen molar-refractivity contribution in [3.63, 3.8) is 0 Å². The molecule has 0 radical (unpaired) electrons. The Morgan fingerprint density at radius 1 is 1.04 bits per heavy atom. The lowest BCUT2D eigenvalue weighted by molar-refractivity contribution is 0.102. The van der Waals surface area contributed by atoms with E-state index in [1.807, 2.05) is 0 Å². The van der Waals surface area contributed by atoms with Crippen LogP contribution in [0.15, 0.2) is 46.1 Å². The second-order valence-corrected chi connectivity index (χ2v) is 7.56. The van der Waals surface area contributed by atoms with E-state index in [-0.39, 0.29) is 16.1 Å². The van der Waals surface area contributed by atoms with Crippen LogP contribution in [0, 0.1) is 6.92 Å². The Morgan fingerprint density at radius 3 is 2.46 bits per heavy atom. The van der Waals surface area contributed by atoms with Crippen LogP contribution in [0.3, 0.4) is 0 Å². The van der Waals surface area contributed by atoms with Gasteiger partial charge in [0.25, 0.3) is 5.91 Å². The summed E-state index contributed by atoms with van der Waals surface area (Å²) >= 11 is 0. The van der Waals surface area contributed by atoms with Crippen LogP contribution < -0.4 is 11.0 Å². The highest BCUT2D eigenvalue weighted by atomic mass is 32.2. The summed E-state index contributed by atoms with van der Waals surface area (Å²) in [6.45, 7) is 1.73. The number of fused-ring (bicyclic) bond motifs is 1. The maximum Gasteiger partial charge on any atom is 0.323 e. The number of hydrogen-bond donors (Lipinski definition) is 3. The van der Waals surface area contributed by atoms with Gasteiger partial charge in [0.1, 0.15) is 0 Å². The lowest BCUT2D eigenvalue weighted by Crippen LogP contribution is -2.14. The van der Waals surface area contributed by atoms with Crippen molar-refractivity contribution in [2.75, 3.05) is 11.6 Å². The quantitative estimate of drug-likeness (QED) is 0.672. The standard InChI is InChI=1S/C16H15N3O4S/c1-9-3-5-11(24(2,22)23)8-12(9)15(20)17-10-4-6-13-14(7-10)19-16(21)18-13/h3-8H,1-2H3,(H,17,20)(H2,18,19,21). The summed E-state index contributed by atoms with van der Waals surface area (Å²) in [5.41, 5.74) is 2.31. The minimum absolute atomic E-state index is 0.0867. The van der Waals surface area contributed by atoms with Crippen molar-refractivity contribution >= 4 is 32.5 Å². The van der Waals surface area contributed by atoms with Crippen LogP contribution in [0.25, 0.3) is 11.0 Å². The normalized spacial score (nSPS) is 11.6. The van der Waals surface area contributed by atoms with Crippen LogP contribution in [0.2, 0.25) is 0 Å². The summed E-state index contributed by atoms with van der Waals surface area (Å²) in [6.07, 6.45) is 1.09. The molecular formula is C16H15N3O4S. The third kappa shape index (κ3) is 3.09. The summed E-state index contributed by atoms with van der Waals surface area (Å²) in [5.74, 6) is -0.421. The summed E-state index contributed by atoms with van der Waals surface area (Å²) in [6, 6.07) is 9.37. The van der Waals surface area contributed by atoms with Gasteiger partial charge in [0.15, 0.2) is 9.84 Å². The molecule has 0 saturated carbocycles. The Hall–Kier alpha value is -2.87. The highest BCUT2D eigenvalue weighted by Gasteiger charge is 2.15. The molecule has 0 aliphatic carbocycles. The zero-order chi connectivity index (χ0) is 17.5. The van der Waals surface area contributed by atoms with Gasteiger partial charge in [0.05, 0.1) is 15.9 Å². The molecule has 3 aromatic rings. The summed E-state index contributed by atoms with van der Waals surface area (Å²) < 4.78 is 23.3. The molecule has 8 heteroatoms. The van der Waals surface area contributed by atoms with Gasteiger partial charge in [-0.3, -0.25) is 4.79 Å². The minimum atomic E-state index is -3.40. The van der Waals surface area contributed by atoms with Gasteiger partial charge in [0.2, 0.25) is 0 Å². The topological polar surface area (TPSA) is 112 Å². The molecule has 0 bridgehead atoms. The molecular weight excluding hydrogens is 330 g/mol. The molecule has 0 atom stereocenters. The second kappa shape index (κ2) is 5.64. The van der Waals surface area contributed by atoms with Gasteiger partial charge in [-0.15, -0.1) is 0 Å². The molecule has 0 fully saturated rings. The Bertz CT molecular complexity index is 1110. The van der Waals surface area contributed by atoms with Crippen LogP contribution >= 0.6 is 0 Å². The molecule has 1 aromatic heterocycles. The van der Waals surface area contributed by atoms with Crippen LogP contribution in [0.5, 0.6) is 0 Å². The van der Waals surface area contributed by atoms with E-state index in [1.165, 1.54) is 12.1 Å². The number of aromatic amines is 2. The number of carbonyl (C=O) groups excluding carboxylic acids is 1. The maximum atomic E-state index is 12.5. The number of imidazole rings is 1. The summed E-state index contributed by atoms with van der Waals surface area (Å²) in [5, 5.41) is 2.71. The molecule has 124 valence electrons. The van der Waals surface area contributed by atoms with Gasteiger partial charge in [-0.2, -0.15) is 0 Å². The molecule has 24 heavy (non-hydrogen) atoms. The zero-order valence-corrected chi connectivity index (χ0v) is 13.8. The fraction of sp³-hybridized carbons (Fsp3) is 0.125. The third-order valence-electron chi connectivity index (χ3n) is 3.66. The van der Waals surface area contributed by atoms with Crippen molar-refractivity contribution in [2.24, 2.45) is 0 Å². The van der Waals surface area contributed by atoms with E-state index in [0.29, 0.717) is 22.3 Å². The Labute approximate surface area is 137 Å². The van der Waals surface area contributed by atoms with Gasteiger partial charge in [-0.1, -0.05) is 6.07 Å². The molecule has 1 heterocycles. The number of aryl methyl sites for hydroxylation is 1. The Morgan fingerprint density at radius 2 is 1.75 bits per heavy atom. The van der Waals surface area contributed by atoms with Crippen LogP contribution in [-0.2, 0) is 9.84 Å². The molecule has 1 amide bonds. The fourth-order valence-corrected chi connectivity index (χ4v) is 3.03. The molecule has 0 aliphatic heterocycles. The molecule has 7 nitrogen and oxygen atoms in total. The highest BCUT2D eigenvalue weighted by molar-refractivity contribution is 7.90. The van der Waals surface area contributed by atoms with E-state index in [9.17, 15) is 18.0 Å². The van der Waals surface area contributed by atoms with Crippen molar-refractivity contribution in [1.82, 2.24) is 9.97 Å². The fourth-order valence-electron chi connectivity index (χ4n) is 2.39. The van der Waals surface area contributed by atoms with E-state index in [4.69, 9.17) is 0 Å². The van der Waals surface area contributed by atoms with E-state index < -0.39 is 15.7 Å². The first-order valence-corrected chi connectivity index (χ1v) is 8.97. The number of amides is 1. The van der Waals surface area contributed by atoms with Crippen molar-refractivity contribution in [3.8, 4) is 0 Å². The predicted octanol–water partition coefficient (Wildman–Crippen LogP) is 1.82.